The van der Waals surface area contributed by atoms with E-state index in [9.17, 15) is 0 Å². The Kier molecular flexibility index (Phi) is 3.42. The largest absolute Gasteiger partial charge is 0.368 e. The number of nitrogens with zero attached hydrogens (tertiary/aromatic N) is 1. The molecule has 1 heteroatoms. The molecular formula is C20H23N. The minimum Gasteiger partial charge on any atom is -0.368 e. The molecular weight excluding hydrogens is 254 g/mol. The predicted octanol–water partition coefficient (Wildman–Crippen LogP) is 4.97. The van der Waals surface area contributed by atoms with Crippen molar-refractivity contribution in [2.75, 3.05) is 11.4 Å². The number of rotatable bonds is 1. The molecule has 1 saturated heterocycles. The molecule has 108 valence electrons. The van der Waals surface area contributed by atoms with Gasteiger partial charge >= 0.3 is 0 Å². The van der Waals surface area contributed by atoms with Gasteiger partial charge in [-0.05, 0) is 36.5 Å². The van der Waals surface area contributed by atoms with Crippen LogP contribution in [-0.2, 0) is 0 Å². The van der Waals surface area contributed by atoms with Crippen molar-refractivity contribution in [1.82, 2.24) is 0 Å². The second kappa shape index (κ2) is 5.55. The molecule has 2 heterocycles. The van der Waals surface area contributed by atoms with Gasteiger partial charge in [0.15, 0.2) is 0 Å². The van der Waals surface area contributed by atoms with Gasteiger partial charge in [-0.2, -0.15) is 0 Å². The first-order valence-corrected chi connectivity index (χ1v) is 8.34. The molecule has 0 aliphatic carbocycles. The zero-order valence-corrected chi connectivity index (χ0v) is 12.5. The van der Waals surface area contributed by atoms with Crippen LogP contribution in [-0.4, -0.2) is 12.6 Å². The normalized spacial score (nSPS) is 24.9. The van der Waals surface area contributed by atoms with Gasteiger partial charge in [-0.3, -0.25) is 0 Å². The zero-order valence-electron chi connectivity index (χ0n) is 12.5. The first-order valence-electron chi connectivity index (χ1n) is 8.34. The van der Waals surface area contributed by atoms with E-state index in [1.165, 1.54) is 55.5 Å². The Morgan fingerprint density at radius 3 is 2.52 bits per heavy atom. The summed E-state index contributed by atoms with van der Waals surface area (Å²) in [5.41, 5.74) is 4.50. The Labute approximate surface area is 127 Å². The summed E-state index contributed by atoms with van der Waals surface area (Å²) in [4.78, 5) is 2.70. The summed E-state index contributed by atoms with van der Waals surface area (Å²) in [6.07, 6.45) is 6.77. The molecule has 21 heavy (non-hydrogen) atoms. The molecule has 0 spiro atoms. The van der Waals surface area contributed by atoms with Gasteiger partial charge in [0.2, 0.25) is 0 Å². The van der Waals surface area contributed by atoms with E-state index < -0.39 is 0 Å². The topological polar surface area (TPSA) is 3.24 Å². The summed E-state index contributed by atoms with van der Waals surface area (Å²) in [5, 5.41) is 0. The van der Waals surface area contributed by atoms with Gasteiger partial charge in [-0.25, -0.2) is 0 Å². The first-order chi connectivity index (χ1) is 10.4. The van der Waals surface area contributed by atoms with Gasteiger partial charge in [0.25, 0.3) is 0 Å². The first kappa shape index (κ1) is 12.9. The van der Waals surface area contributed by atoms with Gasteiger partial charge in [-0.1, -0.05) is 61.4 Å². The van der Waals surface area contributed by atoms with Crippen LogP contribution in [0.4, 0.5) is 5.69 Å². The van der Waals surface area contributed by atoms with Crippen molar-refractivity contribution in [3.05, 3.63) is 65.7 Å². The molecule has 0 radical (unpaired) electrons. The van der Waals surface area contributed by atoms with Crippen LogP contribution in [0.3, 0.4) is 0 Å². The molecule has 1 nitrogen and oxygen atoms in total. The molecule has 2 aliphatic rings. The fourth-order valence-corrected chi connectivity index (χ4v) is 4.18. The fraction of sp³-hybridized carbons (Fsp3) is 0.400. The monoisotopic (exact) mass is 277 g/mol. The average Bonchev–Trinajstić information content (AvgIpc) is 2.80. The zero-order chi connectivity index (χ0) is 14.1. The van der Waals surface area contributed by atoms with Gasteiger partial charge < -0.3 is 4.90 Å². The smallest absolute Gasteiger partial charge is 0.0407 e. The summed E-state index contributed by atoms with van der Waals surface area (Å²) >= 11 is 0. The van der Waals surface area contributed by atoms with Crippen LogP contribution >= 0.6 is 0 Å². The molecule has 0 saturated carbocycles. The predicted molar refractivity (Wildman–Crippen MR) is 88.9 cm³/mol. The van der Waals surface area contributed by atoms with Crippen LogP contribution in [0.5, 0.6) is 0 Å². The van der Waals surface area contributed by atoms with E-state index in [1.54, 1.807) is 0 Å². The Morgan fingerprint density at radius 1 is 0.810 bits per heavy atom. The van der Waals surface area contributed by atoms with Crippen molar-refractivity contribution in [2.24, 2.45) is 0 Å². The highest BCUT2D eigenvalue weighted by Gasteiger charge is 2.33. The molecule has 0 N–H and O–H groups in total. The van der Waals surface area contributed by atoms with E-state index >= 15 is 0 Å². The van der Waals surface area contributed by atoms with E-state index in [0.29, 0.717) is 5.92 Å². The molecule has 0 aromatic heterocycles. The lowest BCUT2D eigenvalue weighted by atomic mass is 9.80. The van der Waals surface area contributed by atoms with E-state index in [1.807, 2.05) is 0 Å². The van der Waals surface area contributed by atoms with Crippen molar-refractivity contribution in [3.63, 3.8) is 0 Å². The molecule has 1 fully saturated rings. The van der Waals surface area contributed by atoms with Crippen LogP contribution in [0, 0.1) is 0 Å². The molecule has 2 aromatic carbocycles. The highest BCUT2D eigenvalue weighted by atomic mass is 15.2. The molecule has 0 amide bonds. The van der Waals surface area contributed by atoms with Crippen LogP contribution < -0.4 is 4.90 Å². The Morgan fingerprint density at radius 2 is 1.62 bits per heavy atom. The van der Waals surface area contributed by atoms with Crippen molar-refractivity contribution in [3.8, 4) is 0 Å². The third kappa shape index (κ3) is 2.35. The highest BCUT2D eigenvalue weighted by Crippen LogP contribution is 2.43. The second-order valence-electron chi connectivity index (χ2n) is 6.45. The van der Waals surface area contributed by atoms with E-state index in [2.05, 4.69) is 59.5 Å². The number of benzene rings is 2. The molecule has 2 aromatic rings. The van der Waals surface area contributed by atoms with Gasteiger partial charge in [-0.15, -0.1) is 0 Å². The van der Waals surface area contributed by atoms with E-state index in [4.69, 9.17) is 0 Å². The summed E-state index contributed by atoms with van der Waals surface area (Å²) in [6.45, 7) is 1.24. The summed E-state index contributed by atoms with van der Waals surface area (Å²) < 4.78 is 0. The standard InChI is InChI=1S/C20H23N/c1-3-9-16(10-4-1)19-15-17-11-5-2-8-14-21(17)20-13-7-6-12-18(19)20/h1,3-4,6-7,9-10,12-13,17,19H,2,5,8,11,14-15H2/t17-,19-/m1/s1. The van der Waals surface area contributed by atoms with Gasteiger partial charge in [0, 0.05) is 24.2 Å². The summed E-state index contributed by atoms with van der Waals surface area (Å²) in [7, 11) is 0. The maximum Gasteiger partial charge on any atom is 0.0407 e. The second-order valence-corrected chi connectivity index (χ2v) is 6.45. The molecule has 4 rings (SSSR count). The molecule has 0 bridgehead atoms. The SMILES string of the molecule is c1ccc([C@H]2C[C@H]3CCCCCN3c3ccccc32)cc1. The van der Waals surface area contributed by atoms with Crippen molar-refractivity contribution in [1.29, 1.82) is 0 Å². The highest BCUT2D eigenvalue weighted by molar-refractivity contribution is 5.60. The lowest BCUT2D eigenvalue weighted by Gasteiger charge is -2.42. The maximum absolute atomic E-state index is 2.70. The van der Waals surface area contributed by atoms with E-state index in [0.717, 1.165) is 6.04 Å². The summed E-state index contributed by atoms with van der Waals surface area (Å²) in [5.74, 6) is 0.571. The minimum absolute atomic E-state index is 0.571. The third-order valence-electron chi connectivity index (χ3n) is 5.21. The lowest BCUT2D eigenvalue weighted by molar-refractivity contribution is 0.483. The van der Waals surface area contributed by atoms with Gasteiger partial charge in [0.1, 0.15) is 0 Å². The number of fused-ring (bicyclic) bond motifs is 3. The lowest BCUT2D eigenvalue weighted by Crippen LogP contribution is -2.40. The molecule has 0 unspecified atom stereocenters. The van der Waals surface area contributed by atoms with Crippen LogP contribution in [0.1, 0.15) is 49.1 Å². The molecule has 2 atom stereocenters. The average molecular weight is 277 g/mol. The number of para-hydroxylation sites is 1. The molecule has 2 aliphatic heterocycles. The van der Waals surface area contributed by atoms with Crippen LogP contribution in [0.2, 0.25) is 0 Å². The Bertz CT molecular complexity index is 604. The number of hydrogen-bond acceptors (Lipinski definition) is 1. The van der Waals surface area contributed by atoms with Crippen molar-refractivity contribution in [2.45, 2.75) is 44.1 Å². The Balaban J connectivity index is 1.79. The van der Waals surface area contributed by atoms with Crippen molar-refractivity contribution >= 4 is 5.69 Å². The van der Waals surface area contributed by atoms with Crippen LogP contribution in [0.25, 0.3) is 0 Å². The summed E-state index contributed by atoms with van der Waals surface area (Å²) in [6, 6.07) is 20.9. The van der Waals surface area contributed by atoms with Gasteiger partial charge in [0.05, 0.1) is 0 Å². The Hall–Kier alpha value is -1.76. The van der Waals surface area contributed by atoms with Crippen molar-refractivity contribution < 1.29 is 0 Å². The fourth-order valence-electron chi connectivity index (χ4n) is 4.18. The maximum atomic E-state index is 2.70. The number of anilines is 1. The number of hydrogen-bond donors (Lipinski definition) is 0. The third-order valence-corrected chi connectivity index (χ3v) is 5.21. The minimum atomic E-state index is 0.571. The quantitative estimate of drug-likeness (QED) is 0.711. The van der Waals surface area contributed by atoms with E-state index in [-0.39, 0.29) is 0 Å². The van der Waals surface area contributed by atoms with Crippen LogP contribution in [0.15, 0.2) is 54.6 Å².